The van der Waals surface area contributed by atoms with Gasteiger partial charge in [-0.1, -0.05) is 46.3 Å². The van der Waals surface area contributed by atoms with Gasteiger partial charge in [0.15, 0.2) is 0 Å². The SMILES string of the molecule is CS(=O)(=O)N1c2cc(Br)ccc2N(Cc2cnc[nH]2)CC1Cc1ccccc1. The molecule has 0 bridgehead atoms. The van der Waals surface area contributed by atoms with E-state index in [9.17, 15) is 8.42 Å². The second kappa shape index (κ2) is 7.60. The average molecular weight is 461 g/mol. The maximum Gasteiger partial charge on any atom is 0.232 e. The number of benzene rings is 2. The molecular weight excluding hydrogens is 440 g/mol. The van der Waals surface area contributed by atoms with Crippen LogP contribution in [-0.4, -0.2) is 37.2 Å². The van der Waals surface area contributed by atoms with Crippen LogP contribution in [0.3, 0.4) is 0 Å². The number of nitrogens with zero attached hydrogens (tertiary/aromatic N) is 3. The lowest BCUT2D eigenvalue weighted by Crippen LogP contribution is -2.52. The molecule has 4 rings (SSSR count). The molecule has 1 aliphatic rings. The topological polar surface area (TPSA) is 69.3 Å². The molecule has 2 aromatic carbocycles. The summed E-state index contributed by atoms with van der Waals surface area (Å²) in [5.74, 6) is 0. The number of halogens is 1. The van der Waals surface area contributed by atoms with Gasteiger partial charge in [0, 0.05) is 17.2 Å². The Hall–Kier alpha value is -2.32. The van der Waals surface area contributed by atoms with Crippen LogP contribution in [0.2, 0.25) is 0 Å². The first-order chi connectivity index (χ1) is 13.4. The molecule has 1 atom stereocenters. The summed E-state index contributed by atoms with van der Waals surface area (Å²) in [6.07, 6.45) is 5.37. The first kappa shape index (κ1) is 19.0. The van der Waals surface area contributed by atoms with Gasteiger partial charge in [-0.2, -0.15) is 0 Å². The van der Waals surface area contributed by atoms with Gasteiger partial charge in [-0.25, -0.2) is 13.4 Å². The third-order valence-electron chi connectivity index (χ3n) is 4.87. The van der Waals surface area contributed by atoms with E-state index in [-0.39, 0.29) is 6.04 Å². The van der Waals surface area contributed by atoms with Gasteiger partial charge in [-0.15, -0.1) is 0 Å². The van der Waals surface area contributed by atoms with E-state index in [1.165, 1.54) is 6.26 Å². The highest BCUT2D eigenvalue weighted by atomic mass is 79.9. The fraction of sp³-hybridized carbons (Fsp3) is 0.250. The molecule has 0 aliphatic carbocycles. The molecule has 3 aromatic rings. The monoisotopic (exact) mass is 460 g/mol. The van der Waals surface area contributed by atoms with Crippen molar-refractivity contribution in [1.82, 2.24) is 9.97 Å². The molecule has 1 aromatic heterocycles. The minimum Gasteiger partial charge on any atom is -0.362 e. The van der Waals surface area contributed by atoms with Crippen LogP contribution in [0, 0.1) is 0 Å². The minimum absolute atomic E-state index is 0.206. The van der Waals surface area contributed by atoms with Crippen molar-refractivity contribution in [2.24, 2.45) is 0 Å². The van der Waals surface area contributed by atoms with Gasteiger partial charge >= 0.3 is 0 Å². The van der Waals surface area contributed by atoms with Gasteiger partial charge in [0.05, 0.1) is 42.2 Å². The molecule has 0 radical (unpaired) electrons. The molecule has 146 valence electrons. The summed E-state index contributed by atoms with van der Waals surface area (Å²) in [6, 6.07) is 15.6. The molecule has 1 unspecified atom stereocenters. The van der Waals surface area contributed by atoms with Crippen molar-refractivity contribution >= 4 is 37.3 Å². The Kier molecular flexibility index (Phi) is 5.16. The number of sulfonamides is 1. The fourth-order valence-corrected chi connectivity index (χ4v) is 5.31. The Bertz CT molecular complexity index is 1060. The number of nitrogens with one attached hydrogen (secondary N) is 1. The predicted octanol–water partition coefficient (Wildman–Crippen LogP) is 3.57. The molecule has 6 nitrogen and oxygen atoms in total. The van der Waals surface area contributed by atoms with Gasteiger partial charge < -0.3 is 9.88 Å². The number of anilines is 2. The molecule has 8 heteroatoms. The summed E-state index contributed by atoms with van der Waals surface area (Å²) < 4.78 is 27.9. The van der Waals surface area contributed by atoms with Crippen molar-refractivity contribution in [3.63, 3.8) is 0 Å². The molecular formula is C20H21BrN4O2S. The molecule has 0 saturated heterocycles. The van der Waals surface area contributed by atoms with E-state index in [0.29, 0.717) is 25.2 Å². The zero-order valence-electron chi connectivity index (χ0n) is 15.4. The molecule has 1 N–H and O–H groups in total. The van der Waals surface area contributed by atoms with E-state index in [4.69, 9.17) is 0 Å². The van der Waals surface area contributed by atoms with E-state index in [1.54, 1.807) is 16.8 Å². The van der Waals surface area contributed by atoms with E-state index in [1.807, 2.05) is 48.5 Å². The molecule has 0 amide bonds. The zero-order chi connectivity index (χ0) is 19.7. The molecule has 2 heterocycles. The smallest absolute Gasteiger partial charge is 0.232 e. The van der Waals surface area contributed by atoms with Crippen molar-refractivity contribution in [2.75, 3.05) is 22.0 Å². The lowest BCUT2D eigenvalue weighted by atomic mass is 10.0. The van der Waals surface area contributed by atoms with Crippen LogP contribution >= 0.6 is 15.9 Å². The third kappa shape index (κ3) is 3.93. The van der Waals surface area contributed by atoms with Gasteiger partial charge in [-0.3, -0.25) is 4.31 Å². The summed E-state index contributed by atoms with van der Waals surface area (Å²) in [7, 11) is -3.45. The second-order valence-electron chi connectivity index (χ2n) is 6.99. The Morgan fingerprint density at radius 3 is 2.64 bits per heavy atom. The predicted molar refractivity (Wildman–Crippen MR) is 115 cm³/mol. The second-order valence-corrected chi connectivity index (χ2v) is 9.77. The van der Waals surface area contributed by atoms with Crippen LogP contribution in [0.25, 0.3) is 0 Å². The van der Waals surface area contributed by atoms with Gasteiger partial charge in [0.25, 0.3) is 0 Å². The number of fused-ring (bicyclic) bond motifs is 1. The summed E-state index contributed by atoms with van der Waals surface area (Å²) in [5, 5.41) is 0. The highest BCUT2D eigenvalue weighted by Gasteiger charge is 2.36. The van der Waals surface area contributed by atoms with Gasteiger partial charge in [0.2, 0.25) is 10.0 Å². The molecule has 0 saturated carbocycles. The first-order valence-corrected chi connectivity index (χ1v) is 11.6. The lowest BCUT2D eigenvalue weighted by molar-refractivity contribution is 0.559. The standard InChI is InChI=1S/C20H21BrN4O2S/c1-28(26,27)25-18(9-15-5-3-2-4-6-15)13-24(12-17-11-22-14-23-17)19-8-7-16(21)10-20(19)25/h2-8,10-11,14,18H,9,12-13H2,1H3,(H,22,23). The average Bonchev–Trinajstić information content (AvgIpc) is 3.14. The Morgan fingerprint density at radius 2 is 1.96 bits per heavy atom. The van der Waals surface area contributed by atoms with Crippen molar-refractivity contribution in [3.8, 4) is 0 Å². The van der Waals surface area contributed by atoms with Crippen LogP contribution < -0.4 is 9.21 Å². The van der Waals surface area contributed by atoms with Crippen molar-refractivity contribution in [3.05, 3.63) is 76.8 Å². The summed E-state index contributed by atoms with van der Waals surface area (Å²) in [4.78, 5) is 9.45. The first-order valence-electron chi connectivity index (χ1n) is 8.97. The number of imidazole rings is 1. The van der Waals surface area contributed by atoms with Crippen LogP contribution in [0.5, 0.6) is 0 Å². The van der Waals surface area contributed by atoms with Gasteiger partial charge in [0.1, 0.15) is 0 Å². The van der Waals surface area contributed by atoms with Crippen LogP contribution in [0.1, 0.15) is 11.3 Å². The molecule has 0 spiro atoms. The maximum absolute atomic E-state index is 12.8. The normalized spacial score (nSPS) is 16.9. The van der Waals surface area contributed by atoms with Crippen LogP contribution in [0.4, 0.5) is 11.4 Å². The van der Waals surface area contributed by atoms with E-state index < -0.39 is 10.0 Å². The minimum atomic E-state index is -3.45. The van der Waals surface area contributed by atoms with Crippen molar-refractivity contribution in [2.45, 2.75) is 19.0 Å². The zero-order valence-corrected chi connectivity index (χ0v) is 17.8. The van der Waals surface area contributed by atoms with Gasteiger partial charge in [-0.05, 0) is 30.2 Å². The van der Waals surface area contributed by atoms with Crippen molar-refractivity contribution in [1.29, 1.82) is 0 Å². The fourth-order valence-electron chi connectivity index (χ4n) is 3.77. The van der Waals surface area contributed by atoms with E-state index >= 15 is 0 Å². The lowest BCUT2D eigenvalue weighted by Gasteiger charge is -2.43. The number of aromatic amines is 1. The molecule has 1 aliphatic heterocycles. The number of hydrogen-bond acceptors (Lipinski definition) is 4. The van der Waals surface area contributed by atoms with Crippen molar-refractivity contribution < 1.29 is 8.42 Å². The molecule has 0 fully saturated rings. The van der Waals surface area contributed by atoms with E-state index in [0.717, 1.165) is 21.4 Å². The number of hydrogen-bond donors (Lipinski definition) is 1. The highest BCUT2D eigenvalue weighted by Crippen LogP contribution is 2.40. The maximum atomic E-state index is 12.8. The number of aromatic nitrogens is 2. The quantitative estimate of drug-likeness (QED) is 0.631. The Balaban J connectivity index is 1.78. The number of H-pyrrole nitrogens is 1. The summed E-state index contributed by atoms with van der Waals surface area (Å²) in [6.45, 7) is 1.23. The largest absolute Gasteiger partial charge is 0.362 e. The Labute approximate surface area is 173 Å². The van der Waals surface area contributed by atoms with Crippen LogP contribution in [0.15, 0.2) is 65.5 Å². The summed E-state index contributed by atoms with van der Waals surface area (Å²) in [5.41, 5.74) is 3.69. The molecule has 28 heavy (non-hydrogen) atoms. The van der Waals surface area contributed by atoms with E-state index in [2.05, 4.69) is 30.8 Å². The number of rotatable bonds is 5. The Morgan fingerprint density at radius 1 is 1.18 bits per heavy atom. The highest BCUT2D eigenvalue weighted by molar-refractivity contribution is 9.10. The van der Waals surface area contributed by atoms with Crippen LogP contribution in [-0.2, 0) is 23.0 Å². The third-order valence-corrected chi connectivity index (χ3v) is 6.57. The summed E-state index contributed by atoms with van der Waals surface area (Å²) >= 11 is 3.50.